The van der Waals surface area contributed by atoms with Crippen LogP contribution in [0, 0.1) is 5.41 Å². The zero-order chi connectivity index (χ0) is 12.4. The fourth-order valence-corrected chi connectivity index (χ4v) is 3.67. The third-order valence-electron chi connectivity index (χ3n) is 4.73. The minimum Gasteiger partial charge on any atom is -0.396 e. The van der Waals surface area contributed by atoms with Crippen LogP contribution in [0.1, 0.15) is 37.7 Å². The lowest BCUT2D eigenvalue weighted by Gasteiger charge is -2.38. The molecule has 0 atom stereocenters. The number of para-hydroxylation sites is 1. The van der Waals surface area contributed by atoms with Crippen molar-refractivity contribution in [2.75, 3.05) is 24.6 Å². The van der Waals surface area contributed by atoms with Crippen molar-refractivity contribution in [2.45, 2.75) is 38.5 Å². The Morgan fingerprint density at radius 1 is 1.11 bits per heavy atom. The first kappa shape index (κ1) is 12.0. The van der Waals surface area contributed by atoms with E-state index in [4.69, 9.17) is 0 Å². The molecular formula is C16H23NO. The van der Waals surface area contributed by atoms with E-state index >= 15 is 0 Å². The zero-order valence-corrected chi connectivity index (χ0v) is 11.1. The summed E-state index contributed by atoms with van der Waals surface area (Å²) < 4.78 is 0. The Morgan fingerprint density at radius 2 is 1.89 bits per heavy atom. The Kier molecular flexibility index (Phi) is 3.29. The number of anilines is 1. The lowest BCUT2D eigenvalue weighted by atomic mass is 9.85. The molecule has 2 aliphatic rings. The largest absolute Gasteiger partial charge is 0.396 e. The Balaban J connectivity index is 1.81. The van der Waals surface area contributed by atoms with Gasteiger partial charge in [-0.05, 0) is 37.3 Å². The molecule has 2 heteroatoms. The average molecular weight is 245 g/mol. The van der Waals surface area contributed by atoms with Crippen LogP contribution in [0.15, 0.2) is 24.3 Å². The number of aliphatic hydroxyl groups is 1. The maximum absolute atomic E-state index is 9.77. The van der Waals surface area contributed by atoms with Gasteiger partial charge in [0.15, 0.2) is 0 Å². The van der Waals surface area contributed by atoms with Crippen molar-refractivity contribution in [1.29, 1.82) is 0 Å². The molecule has 1 aromatic carbocycles. The Hall–Kier alpha value is -1.02. The van der Waals surface area contributed by atoms with Crippen LogP contribution >= 0.6 is 0 Å². The number of rotatable bonds is 3. The van der Waals surface area contributed by atoms with Gasteiger partial charge in [0, 0.05) is 24.2 Å². The topological polar surface area (TPSA) is 23.5 Å². The van der Waals surface area contributed by atoms with Crippen LogP contribution in [0.2, 0.25) is 0 Å². The monoisotopic (exact) mass is 245 g/mol. The highest BCUT2D eigenvalue weighted by Crippen LogP contribution is 2.40. The second kappa shape index (κ2) is 4.93. The molecule has 0 radical (unpaired) electrons. The van der Waals surface area contributed by atoms with Crippen LogP contribution in [-0.2, 0) is 6.42 Å². The number of aliphatic hydroxyl groups excluding tert-OH is 1. The van der Waals surface area contributed by atoms with Gasteiger partial charge >= 0.3 is 0 Å². The summed E-state index contributed by atoms with van der Waals surface area (Å²) >= 11 is 0. The van der Waals surface area contributed by atoms with Crippen molar-refractivity contribution in [3.63, 3.8) is 0 Å². The Labute approximate surface area is 110 Å². The van der Waals surface area contributed by atoms with Gasteiger partial charge in [0.2, 0.25) is 0 Å². The molecule has 0 amide bonds. The van der Waals surface area contributed by atoms with Crippen molar-refractivity contribution in [2.24, 2.45) is 5.41 Å². The summed E-state index contributed by atoms with van der Waals surface area (Å²) in [6, 6.07) is 8.77. The lowest BCUT2D eigenvalue weighted by Crippen LogP contribution is -2.41. The van der Waals surface area contributed by atoms with Crippen LogP contribution in [0.4, 0.5) is 5.69 Å². The summed E-state index contributed by atoms with van der Waals surface area (Å²) in [6.07, 6.45) is 7.42. The van der Waals surface area contributed by atoms with E-state index in [1.54, 1.807) is 0 Å². The normalized spacial score (nSPS) is 21.9. The highest BCUT2D eigenvalue weighted by Gasteiger charge is 2.35. The minimum atomic E-state index is 0.171. The number of fused-ring (bicyclic) bond motifs is 1. The molecule has 3 rings (SSSR count). The maximum atomic E-state index is 9.77. The van der Waals surface area contributed by atoms with Gasteiger partial charge < -0.3 is 10.0 Å². The van der Waals surface area contributed by atoms with E-state index in [1.165, 1.54) is 49.8 Å². The molecule has 1 aromatic rings. The molecule has 0 aromatic heterocycles. The van der Waals surface area contributed by atoms with E-state index in [9.17, 15) is 5.11 Å². The summed E-state index contributed by atoms with van der Waals surface area (Å²) in [5.74, 6) is 0. The molecule has 1 heterocycles. The molecule has 1 aliphatic heterocycles. The summed E-state index contributed by atoms with van der Waals surface area (Å²) in [6.45, 7) is 2.55. The van der Waals surface area contributed by atoms with Crippen LogP contribution < -0.4 is 4.90 Å². The maximum Gasteiger partial charge on any atom is 0.0504 e. The van der Waals surface area contributed by atoms with Crippen molar-refractivity contribution < 1.29 is 5.11 Å². The molecule has 1 fully saturated rings. The SMILES string of the molecule is OCC1(CN2CCCc3ccccc32)CCCC1. The molecule has 18 heavy (non-hydrogen) atoms. The van der Waals surface area contributed by atoms with E-state index in [1.807, 2.05) is 0 Å². The number of hydrogen-bond donors (Lipinski definition) is 1. The van der Waals surface area contributed by atoms with E-state index in [2.05, 4.69) is 29.2 Å². The van der Waals surface area contributed by atoms with Crippen LogP contribution in [0.3, 0.4) is 0 Å². The predicted molar refractivity (Wildman–Crippen MR) is 75.0 cm³/mol. The van der Waals surface area contributed by atoms with Gasteiger partial charge in [-0.3, -0.25) is 0 Å². The number of hydrogen-bond acceptors (Lipinski definition) is 2. The van der Waals surface area contributed by atoms with E-state index in [0.717, 1.165) is 13.1 Å². The summed E-state index contributed by atoms with van der Waals surface area (Å²) in [5, 5.41) is 9.77. The van der Waals surface area contributed by atoms with Crippen LogP contribution in [-0.4, -0.2) is 24.8 Å². The Bertz CT molecular complexity index is 409. The first-order valence-corrected chi connectivity index (χ1v) is 7.27. The fraction of sp³-hybridized carbons (Fsp3) is 0.625. The van der Waals surface area contributed by atoms with Gasteiger partial charge in [-0.25, -0.2) is 0 Å². The average Bonchev–Trinajstić information content (AvgIpc) is 2.88. The van der Waals surface area contributed by atoms with Gasteiger partial charge in [0.1, 0.15) is 0 Å². The summed E-state index contributed by atoms with van der Waals surface area (Å²) in [5.41, 5.74) is 3.06. The first-order valence-electron chi connectivity index (χ1n) is 7.27. The second-order valence-electron chi connectivity index (χ2n) is 6.02. The van der Waals surface area contributed by atoms with Crippen LogP contribution in [0.25, 0.3) is 0 Å². The quantitative estimate of drug-likeness (QED) is 0.885. The molecule has 0 saturated heterocycles. The molecule has 1 aliphatic carbocycles. The first-order chi connectivity index (χ1) is 8.83. The molecule has 2 nitrogen and oxygen atoms in total. The lowest BCUT2D eigenvalue weighted by molar-refractivity contribution is 0.135. The van der Waals surface area contributed by atoms with Gasteiger partial charge in [-0.15, -0.1) is 0 Å². The molecule has 98 valence electrons. The number of aryl methyl sites for hydroxylation is 1. The molecule has 1 N–H and O–H groups in total. The Morgan fingerprint density at radius 3 is 2.67 bits per heavy atom. The molecule has 1 saturated carbocycles. The molecule has 0 unspecified atom stereocenters. The highest BCUT2D eigenvalue weighted by atomic mass is 16.3. The number of benzene rings is 1. The second-order valence-corrected chi connectivity index (χ2v) is 6.02. The minimum absolute atomic E-state index is 0.171. The third-order valence-corrected chi connectivity index (χ3v) is 4.73. The fourth-order valence-electron chi connectivity index (χ4n) is 3.67. The van der Waals surface area contributed by atoms with Crippen molar-refractivity contribution in [3.05, 3.63) is 29.8 Å². The van der Waals surface area contributed by atoms with E-state index in [0.29, 0.717) is 6.61 Å². The number of nitrogens with zero attached hydrogens (tertiary/aromatic N) is 1. The van der Waals surface area contributed by atoms with Crippen molar-refractivity contribution in [1.82, 2.24) is 0 Å². The molecular weight excluding hydrogens is 222 g/mol. The van der Waals surface area contributed by atoms with Gasteiger partial charge in [0.05, 0.1) is 6.61 Å². The van der Waals surface area contributed by atoms with Gasteiger partial charge in [-0.2, -0.15) is 0 Å². The summed E-state index contributed by atoms with van der Waals surface area (Å²) in [7, 11) is 0. The zero-order valence-electron chi connectivity index (χ0n) is 11.1. The van der Waals surface area contributed by atoms with Crippen molar-refractivity contribution in [3.8, 4) is 0 Å². The van der Waals surface area contributed by atoms with Gasteiger partial charge in [-0.1, -0.05) is 31.0 Å². The van der Waals surface area contributed by atoms with Gasteiger partial charge in [0.25, 0.3) is 0 Å². The standard InChI is InChI=1S/C16H23NO/c18-13-16(9-3-4-10-16)12-17-11-5-7-14-6-1-2-8-15(14)17/h1-2,6,8,18H,3-5,7,9-13H2. The highest BCUT2D eigenvalue weighted by molar-refractivity contribution is 5.55. The van der Waals surface area contributed by atoms with Crippen molar-refractivity contribution >= 4 is 5.69 Å². The summed E-state index contributed by atoms with van der Waals surface area (Å²) in [4.78, 5) is 2.51. The van der Waals surface area contributed by atoms with Crippen LogP contribution in [0.5, 0.6) is 0 Å². The van der Waals surface area contributed by atoms with E-state index in [-0.39, 0.29) is 5.41 Å². The molecule has 0 spiro atoms. The van der Waals surface area contributed by atoms with E-state index < -0.39 is 0 Å². The smallest absolute Gasteiger partial charge is 0.0504 e. The third kappa shape index (κ3) is 2.14. The predicted octanol–water partition coefficient (Wildman–Crippen LogP) is 2.99. The molecule has 0 bridgehead atoms.